The molecule has 3 aromatic carbocycles. The second-order valence-corrected chi connectivity index (χ2v) is 6.46. The summed E-state index contributed by atoms with van der Waals surface area (Å²) in [5, 5.41) is 0. The van der Waals surface area contributed by atoms with Crippen LogP contribution in [0.4, 0.5) is 0 Å². The van der Waals surface area contributed by atoms with E-state index in [1.165, 1.54) is 11.1 Å². The number of hydrogen-bond donors (Lipinski definition) is 2. The van der Waals surface area contributed by atoms with Crippen molar-refractivity contribution in [1.29, 1.82) is 0 Å². The van der Waals surface area contributed by atoms with Crippen LogP contribution in [0.5, 0.6) is 0 Å². The molecule has 3 rings (SSSR count). The van der Waals surface area contributed by atoms with Gasteiger partial charge >= 0.3 is 0 Å². The minimum atomic E-state index is 0.640. The van der Waals surface area contributed by atoms with Crippen molar-refractivity contribution in [2.24, 2.45) is 11.5 Å². The van der Waals surface area contributed by atoms with Gasteiger partial charge in [0, 0.05) is 16.7 Å². The van der Waals surface area contributed by atoms with Gasteiger partial charge in [0.2, 0.25) is 0 Å². The van der Waals surface area contributed by atoms with E-state index >= 15 is 0 Å². The highest BCUT2D eigenvalue weighted by atomic mass is 79.9. The first-order chi connectivity index (χ1) is 12.2. The third kappa shape index (κ3) is 6.96. The summed E-state index contributed by atoms with van der Waals surface area (Å²) in [4.78, 5) is 0. The molecule has 0 spiro atoms. The van der Waals surface area contributed by atoms with E-state index in [0.29, 0.717) is 6.54 Å². The maximum Gasteiger partial charge on any atom is 0.0350 e. The zero-order chi connectivity index (χ0) is 17.9. The van der Waals surface area contributed by atoms with E-state index in [1.54, 1.807) is 0 Å². The van der Waals surface area contributed by atoms with E-state index in [1.807, 2.05) is 72.8 Å². The maximum absolute atomic E-state index is 6.03. The number of hydrogen-bond acceptors (Lipinski definition) is 2. The van der Waals surface area contributed by atoms with Gasteiger partial charge in [-0.1, -0.05) is 94.8 Å². The van der Waals surface area contributed by atoms with Crippen LogP contribution in [0.15, 0.2) is 95.5 Å². The van der Waals surface area contributed by atoms with Gasteiger partial charge in [-0.25, -0.2) is 0 Å². The average Bonchev–Trinajstić information content (AvgIpc) is 2.68. The number of benzene rings is 3. The van der Waals surface area contributed by atoms with E-state index < -0.39 is 0 Å². The molecule has 128 valence electrons. The van der Waals surface area contributed by atoms with Crippen LogP contribution in [0.2, 0.25) is 0 Å². The molecule has 0 aromatic heterocycles. The summed E-state index contributed by atoms with van der Waals surface area (Å²) in [6, 6.07) is 28.3. The SMILES string of the molecule is N/C(=C\Cc1cccc(Br)c1)c1ccccc1.NCc1ccccc1. The molecule has 0 aliphatic rings. The lowest BCUT2D eigenvalue weighted by Crippen LogP contribution is -1.96. The first kappa shape index (κ1) is 19.0. The molecule has 0 bridgehead atoms. The number of rotatable bonds is 4. The largest absolute Gasteiger partial charge is 0.398 e. The number of allylic oxidation sites excluding steroid dienone is 1. The van der Waals surface area contributed by atoms with E-state index in [4.69, 9.17) is 11.5 Å². The lowest BCUT2D eigenvalue weighted by Gasteiger charge is -2.02. The molecule has 0 atom stereocenters. The molecule has 2 nitrogen and oxygen atoms in total. The van der Waals surface area contributed by atoms with Crippen LogP contribution in [-0.2, 0) is 13.0 Å². The molecule has 3 aromatic rings. The van der Waals surface area contributed by atoms with Crippen LogP contribution in [0.25, 0.3) is 5.70 Å². The van der Waals surface area contributed by atoms with Gasteiger partial charge in [-0.05, 0) is 35.2 Å². The van der Waals surface area contributed by atoms with Crippen molar-refractivity contribution >= 4 is 21.6 Å². The zero-order valence-electron chi connectivity index (χ0n) is 14.1. The summed E-state index contributed by atoms with van der Waals surface area (Å²) in [6.07, 6.45) is 2.90. The van der Waals surface area contributed by atoms with Crippen LogP contribution in [-0.4, -0.2) is 0 Å². The van der Waals surface area contributed by atoms with Crippen LogP contribution >= 0.6 is 15.9 Å². The molecule has 4 N–H and O–H groups in total. The Bertz CT molecular complexity index is 783. The van der Waals surface area contributed by atoms with Crippen molar-refractivity contribution in [2.45, 2.75) is 13.0 Å². The Hall–Kier alpha value is -2.36. The summed E-state index contributed by atoms with van der Waals surface area (Å²) in [5.41, 5.74) is 15.7. The zero-order valence-corrected chi connectivity index (χ0v) is 15.7. The van der Waals surface area contributed by atoms with Gasteiger partial charge in [0.1, 0.15) is 0 Å². The molecule has 0 radical (unpaired) electrons. The Kier molecular flexibility index (Phi) is 7.96. The van der Waals surface area contributed by atoms with Crippen molar-refractivity contribution in [3.8, 4) is 0 Å². The molecule has 0 unspecified atom stereocenters. The Morgan fingerprint density at radius 1 is 0.800 bits per heavy atom. The monoisotopic (exact) mass is 394 g/mol. The maximum atomic E-state index is 6.03. The fourth-order valence-electron chi connectivity index (χ4n) is 2.25. The predicted octanol–water partition coefficient (Wildman–Crippen LogP) is 5.14. The lowest BCUT2D eigenvalue weighted by molar-refractivity contribution is 1.07. The van der Waals surface area contributed by atoms with Gasteiger partial charge in [0.15, 0.2) is 0 Å². The fraction of sp³-hybridized carbons (Fsp3) is 0.0909. The van der Waals surface area contributed by atoms with Gasteiger partial charge in [-0.2, -0.15) is 0 Å². The Labute approximate surface area is 158 Å². The van der Waals surface area contributed by atoms with Crippen molar-refractivity contribution in [3.05, 3.63) is 112 Å². The summed E-state index contributed by atoms with van der Waals surface area (Å²) in [6.45, 7) is 0.640. The van der Waals surface area contributed by atoms with Gasteiger partial charge in [0.25, 0.3) is 0 Å². The van der Waals surface area contributed by atoms with Crippen LogP contribution in [0, 0.1) is 0 Å². The Morgan fingerprint density at radius 3 is 1.96 bits per heavy atom. The van der Waals surface area contributed by atoms with E-state index in [9.17, 15) is 0 Å². The van der Waals surface area contributed by atoms with Crippen molar-refractivity contribution in [1.82, 2.24) is 0 Å². The van der Waals surface area contributed by atoms with E-state index in [2.05, 4.69) is 34.1 Å². The van der Waals surface area contributed by atoms with Gasteiger partial charge in [0.05, 0.1) is 0 Å². The van der Waals surface area contributed by atoms with Crippen molar-refractivity contribution < 1.29 is 0 Å². The Morgan fingerprint density at radius 2 is 1.40 bits per heavy atom. The van der Waals surface area contributed by atoms with Crippen molar-refractivity contribution in [3.63, 3.8) is 0 Å². The molecule has 0 aliphatic heterocycles. The molecular weight excluding hydrogens is 372 g/mol. The Balaban J connectivity index is 0.000000236. The summed E-state index contributed by atoms with van der Waals surface area (Å²) < 4.78 is 1.10. The third-order valence-electron chi connectivity index (χ3n) is 3.63. The topological polar surface area (TPSA) is 52.0 Å². The molecule has 0 amide bonds. The quantitative estimate of drug-likeness (QED) is 0.643. The summed E-state index contributed by atoms with van der Waals surface area (Å²) >= 11 is 3.46. The third-order valence-corrected chi connectivity index (χ3v) is 4.13. The first-order valence-corrected chi connectivity index (χ1v) is 8.98. The van der Waals surface area contributed by atoms with Crippen molar-refractivity contribution in [2.75, 3.05) is 0 Å². The van der Waals surface area contributed by atoms with Crippen LogP contribution < -0.4 is 11.5 Å². The van der Waals surface area contributed by atoms with Gasteiger partial charge < -0.3 is 11.5 Å². The first-order valence-electron chi connectivity index (χ1n) is 8.18. The highest BCUT2D eigenvalue weighted by molar-refractivity contribution is 9.10. The minimum absolute atomic E-state index is 0.640. The summed E-state index contributed by atoms with van der Waals surface area (Å²) in [5.74, 6) is 0. The standard InChI is InChI=1S/C15H14BrN.C7H9N/c16-14-8-4-5-12(11-14)9-10-15(17)13-6-2-1-3-7-13;8-6-7-4-2-1-3-5-7/h1-8,10-11H,9,17H2;1-5H,6,8H2/b15-10-;. The molecule has 25 heavy (non-hydrogen) atoms. The fourth-order valence-corrected chi connectivity index (χ4v) is 2.70. The molecular formula is C22H23BrN2. The molecule has 0 saturated heterocycles. The molecule has 0 saturated carbocycles. The molecule has 0 fully saturated rings. The minimum Gasteiger partial charge on any atom is -0.398 e. The second kappa shape index (κ2) is 10.5. The molecule has 0 aliphatic carbocycles. The van der Waals surface area contributed by atoms with Crippen LogP contribution in [0.3, 0.4) is 0 Å². The van der Waals surface area contributed by atoms with Gasteiger partial charge in [-0.3, -0.25) is 0 Å². The highest BCUT2D eigenvalue weighted by Crippen LogP contribution is 2.14. The molecule has 0 heterocycles. The normalized spacial score (nSPS) is 10.7. The van der Waals surface area contributed by atoms with Gasteiger partial charge in [-0.15, -0.1) is 0 Å². The highest BCUT2D eigenvalue weighted by Gasteiger charge is 1.96. The average molecular weight is 395 g/mol. The lowest BCUT2D eigenvalue weighted by atomic mass is 10.1. The van der Waals surface area contributed by atoms with Crippen LogP contribution in [0.1, 0.15) is 16.7 Å². The predicted molar refractivity (Wildman–Crippen MR) is 111 cm³/mol. The molecule has 3 heteroatoms. The van der Waals surface area contributed by atoms with E-state index in [0.717, 1.165) is 22.2 Å². The number of halogens is 1. The smallest absolute Gasteiger partial charge is 0.0350 e. The number of nitrogens with two attached hydrogens (primary N) is 2. The van der Waals surface area contributed by atoms with E-state index in [-0.39, 0.29) is 0 Å². The summed E-state index contributed by atoms with van der Waals surface area (Å²) in [7, 11) is 0. The second-order valence-electron chi connectivity index (χ2n) is 5.55.